The van der Waals surface area contributed by atoms with E-state index in [0.29, 0.717) is 38.5 Å². The second-order valence-electron chi connectivity index (χ2n) is 31.3. The quantitative estimate of drug-likeness (QED) is 0.0284. The number of aliphatic hydroxyl groups is 15. The molecule has 0 radical (unpaired) electrons. The van der Waals surface area contributed by atoms with Gasteiger partial charge in [0.15, 0.2) is 49.8 Å². The van der Waals surface area contributed by atoms with E-state index >= 15 is 4.79 Å². The zero-order valence-corrected chi connectivity index (χ0v) is 56.8. The van der Waals surface area contributed by atoms with Gasteiger partial charge < -0.3 is 148 Å². The van der Waals surface area contributed by atoms with E-state index < -0.39 is 266 Å². The molecule has 2 unspecified atom stereocenters. The van der Waals surface area contributed by atoms with Gasteiger partial charge in [-0.1, -0.05) is 53.2 Å². The van der Waals surface area contributed by atoms with Crippen LogP contribution in [-0.4, -0.2) is 310 Å². The number of aliphatic carboxylic acids is 1. The number of fused-ring (bicyclic) bond motifs is 7. The zero-order chi connectivity index (χ0) is 72.5. The van der Waals surface area contributed by atoms with E-state index in [9.17, 15) is 96.1 Å². The highest BCUT2D eigenvalue weighted by molar-refractivity contribution is 5.80. The lowest BCUT2D eigenvalue weighted by Crippen LogP contribution is -2.69. The highest BCUT2D eigenvalue weighted by atomic mass is 16.8. The summed E-state index contributed by atoms with van der Waals surface area (Å²) in [5.74, 6) is -4.84. The zero-order valence-electron chi connectivity index (χ0n) is 56.8. The van der Waals surface area contributed by atoms with Gasteiger partial charge in [-0.15, -0.1) is 0 Å². The van der Waals surface area contributed by atoms with Crippen LogP contribution in [-0.2, 0) is 80.8 Å². The summed E-state index contributed by atoms with van der Waals surface area (Å²) in [6.45, 7) is 14.1. The Labute approximate surface area is 571 Å². The van der Waals surface area contributed by atoms with Crippen LogP contribution in [0, 0.1) is 50.2 Å². The summed E-state index contributed by atoms with van der Waals surface area (Å²) >= 11 is 0. The highest BCUT2D eigenvalue weighted by Crippen LogP contribution is 2.76. The van der Waals surface area contributed by atoms with Crippen molar-refractivity contribution in [3.63, 3.8) is 0 Å². The SMILES string of the molecule is CC(=O)O[C@H]1[C@@H](O[C@H]2O[C@H](CO)[C@@H](O)[C@@H]2O)[C@H](O[C@H]2O[C@H](C)[C@@H](O[C@H]3OC[C@H](O)[C@@H](O)[C@@H]3O)[C@H](O)[C@@H]2O)[C@@H](OC(=O)[C@@]23CCC(C)(C)C[C@@H]2C2=CCC4[C@]5(C)CC[C@@H](O[C@H]6O[C@@H](C(=O)O)[C@H](O)[C@@H](O)[C@@H]6O[C@H]6O[C@@H](CO)[C@@H](O)[C@@H](O)[C@@H]6O)[C@](C)(C=O)C5CC[C@]4(C)[C@@]2(C)C[C@@H]3O)O[C@H]1C. The first-order valence-corrected chi connectivity index (χ1v) is 34.4. The van der Waals surface area contributed by atoms with Crippen molar-refractivity contribution in [1.82, 2.24) is 0 Å². The van der Waals surface area contributed by atoms with Gasteiger partial charge in [0.25, 0.3) is 0 Å². The maximum absolute atomic E-state index is 16.1. The first kappa shape index (κ1) is 76.9. The normalized spacial score (nSPS) is 53.5. The van der Waals surface area contributed by atoms with Crippen LogP contribution in [0.1, 0.15) is 120 Å². The summed E-state index contributed by atoms with van der Waals surface area (Å²) in [4.78, 5) is 55.6. The maximum atomic E-state index is 16.1. The van der Waals surface area contributed by atoms with E-state index in [4.69, 9.17) is 61.6 Å². The van der Waals surface area contributed by atoms with E-state index in [1.807, 2.05) is 0 Å². The van der Waals surface area contributed by atoms with Crippen molar-refractivity contribution in [1.29, 1.82) is 0 Å². The molecule has 0 aromatic rings. The van der Waals surface area contributed by atoms with Crippen LogP contribution in [0.2, 0.25) is 0 Å². The van der Waals surface area contributed by atoms with Gasteiger partial charge in [0.2, 0.25) is 6.29 Å². The van der Waals surface area contributed by atoms with E-state index in [-0.39, 0.29) is 25.2 Å². The molecule has 6 saturated heterocycles. The molecule has 0 spiro atoms. The molecule has 6 heterocycles. The number of carboxylic acid groups (broad SMARTS) is 1. The highest BCUT2D eigenvalue weighted by Gasteiger charge is 2.73. The Hall–Kier alpha value is -3.22. The van der Waals surface area contributed by atoms with Crippen LogP contribution < -0.4 is 0 Å². The van der Waals surface area contributed by atoms with Gasteiger partial charge in [-0.3, -0.25) is 9.59 Å². The number of carbonyl (C=O) groups excluding carboxylic acids is 3. The molecule has 99 heavy (non-hydrogen) atoms. The number of hydrogen-bond acceptors (Lipinski definition) is 32. The minimum absolute atomic E-state index is 0.0278. The third-order valence-electron chi connectivity index (χ3n) is 25.1. The maximum Gasteiger partial charge on any atom is 0.335 e. The smallest absolute Gasteiger partial charge is 0.335 e. The lowest BCUT2D eigenvalue weighted by atomic mass is 9.33. The Morgan fingerprint density at radius 3 is 1.73 bits per heavy atom. The fraction of sp³-hybridized carbons (Fsp3) is 0.909. The number of hydrogen-bond donors (Lipinski definition) is 16. The van der Waals surface area contributed by atoms with Crippen molar-refractivity contribution >= 4 is 24.2 Å². The number of ether oxygens (including phenoxy) is 13. The second kappa shape index (κ2) is 28.6. The molecular weight excluding hydrogens is 1320 g/mol. The van der Waals surface area contributed by atoms with Crippen LogP contribution in [0.4, 0.5) is 0 Å². The molecule has 0 aromatic heterocycles. The predicted octanol–water partition coefficient (Wildman–Crippen LogP) is -4.24. The largest absolute Gasteiger partial charge is 0.479 e. The Morgan fingerprint density at radius 2 is 1.10 bits per heavy atom. The van der Waals surface area contributed by atoms with Gasteiger partial charge in [-0.25, -0.2) is 4.79 Å². The second-order valence-corrected chi connectivity index (χ2v) is 31.3. The van der Waals surface area contributed by atoms with Crippen molar-refractivity contribution in [3.05, 3.63) is 11.6 Å². The summed E-state index contributed by atoms with van der Waals surface area (Å²) in [7, 11) is 0. The lowest BCUT2D eigenvalue weighted by molar-refractivity contribution is -0.382. The minimum atomic E-state index is -2.13. The Balaban J connectivity index is 0.890. The van der Waals surface area contributed by atoms with Crippen molar-refractivity contribution in [2.45, 2.75) is 304 Å². The summed E-state index contributed by atoms with van der Waals surface area (Å²) in [5, 5.41) is 175. The fourth-order valence-corrected chi connectivity index (χ4v) is 19.2. The summed E-state index contributed by atoms with van der Waals surface area (Å²) in [5.41, 5.74) is -4.77. The van der Waals surface area contributed by atoms with E-state index in [1.165, 1.54) is 13.8 Å². The monoisotopic (exact) mass is 1420 g/mol. The molecule has 6 aliphatic heterocycles. The number of rotatable bonds is 17. The Morgan fingerprint density at radius 1 is 0.545 bits per heavy atom. The first-order chi connectivity index (χ1) is 46.4. The fourth-order valence-electron chi connectivity index (χ4n) is 19.2. The summed E-state index contributed by atoms with van der Waals surface area (Å²) in [6.07, 6.45) is -46.1. The van der Waals surface area contributed by atoms with E-state index in [0.717, 1.165) is 18.8 Å². The van der Waals surface area contributed by atoms with Gasteiger partial charge in [0.1, 0.15) is 115 Å². The van der Waals surface area contributed by atoms with Gasteiger partial charge >= 0.3 is 17.9 Å². The molecule has 33 nitrogen and oxygen atoms in total. The number of esters is 2. The van der Waals surface area contributed by atoms with Crippen molar-refractivity contribution < 1.29 is 162 Å². The molecule has 38 atom stereocenters. The number of carbonyl (C=O) groups is 4. The molecule has 10 fully saturated rings. The standard InChI is InChI=1S/C66H102O33/c1-24-47(94-54-43(80)36(73)29(71)22-87-54)42(79)46(83)55(88-24)98-52-51(97-56-44(81)38(75)31(21-68)92-56)48(90-26(3)70)25(2)89-59(52)99-60(86)66-17-16-61(4,5)18-28(66)27-10-11-33-62(6)14-13-35(63(7,23-69)32(62)12-15-64(33,8)65(27,9)19-34(66)72)93-58-50(41(78)40(77)49(95-58)53(84)85)96-57-45(82)39(76)37(74)30(20-67)91-57/h10,23-25,28-52,54-59,67-68,71-83H,11-22H2,1-9H3,(H,84,85)/t24-,25+,28-,29+,30+,31-,32?,33?,34+,35-,36-,37-,38-,39-,40-,41-,42-,43+,44+,45+,46+,47-,48-,49-,50+,51-,52+,54-,55-,56-,57-,58+,59-,62-,63-,64+,65+,66+/m1/s1. The number of carboxylic acids is 1. The van der Waals surface area contributed by atoms with Gasteiger partial charge in [-0.05, 0) is 111 Å². The van der Waals surface area contributed by atoms with Gasteiger partial charge in [-0.2, -0.15) is 0 Å². The molecule has 33 heteroatoms. The summed E-state index contributed by atoms with van der Waals surface area (Å²) in [6, 6.07) is 0. The van der Waals surface area contributed by atoms with Crippen molar-refractivity contribution in [2.75, 3.05) is 19.8 Å². The van der Waals surface area contributed by atoms with Crippen molar-refractivity contribution in [3.8, 4) is 0 Å². The van der Waals surface area contributed by atoms with Gasteiger partial charge in [0, 0.05) is 6.92 Å². The third-order valence-corrected chi connectivity index (χ3v) is 25.1. The third kappa shape index (κ3) is 13.1. The van der Waals surface area contributed by atoms with E-state index in [2.05, 4.69) is 40.7 Å². The Bertz CT molecular complexity index is 2920. The number of allylic oxidation sites excluding steroid dienone is 2. The van der Waals surface area contributed by atoms with Crippen LogP contribution >= 0.6 is 0 Å². The van der Waals surface area contributed by atoms with Crippen LogP contribution in [0.5, 0.6) is 0 Å². The van der Waals surface area contributed by atoms with Crippen LogP contribution in [0.15, 0.2) is 11.6 Å². The topological polar surface area (TPSA) is 512 Å². The molecule has 0 bridgehead atoms. The van der Waals surface area contributed by atoms with E-state index in [1.54, 1.807) is 6.92 Å². The molecular formula is C66H102O33. The van der Waals surface area contributed by atoms with Crippen LogP contribution in [0.3, 0.4) is 0 Å². The predicted molar refractivity (Wildman–Crippen MR) is 325 cm³/mol. The molecule has 0 aromatic carbocycles. The molecule has 5 aliphatic carbocycles. The molecule has 564 valence electrons. The number of aldehydes is 1. The summed E-state index contributed by atoms with van der Waals surface area (Å²) < 4.78 is 78.8. The molecule has 4 saturated carbocycles. The average Bonchev–Trinajstić information content (AvgIpc) is 0.918. The van der Waals surface area contributed by atoms with Crippen molar-refractivity contribution in [2.24, 2.45) is 50.2 Å². The molecule has 11 aliphatic rings. The lowest BCUT2D eigenvalue weighted by Gasteiger charge is -2.71. The van der Waals surface area contributed by atoms with Gasteiger partial charge in [0.05, 0.1) is 49.7 Å². The molecule has 16 N–H and O–H groups in total. The first-order valence-electron chi connectivity index (χ1n) is 34.4. The molecule has 11 rings (SSSR count). The number of aliphatic hydroxyl groups excluding tert-OH is 15. The molecule has 0 amide bonds. The van der Waals surface area contributed by atoms with Crippen LogP contribution in [0.25, 0.3) is 0 Å². The minimum Gasteiger partial charge on any atom is -0.479 e. The Kier molecular flexibility index (Phi) is 22.2. The average molecular weight is 1420 g/mol.